The fourth-order valence-electron chi connectivity index (χ4n) is 0.384. The molecule has 1 unspecified atom stereocenters. The van der Waals surface area contributed by atoms with Crippen molar-refractivity contribution in [3.05, 3.63) is 0 Å². The molecular weight excluding hydrogens is 176 g/mol. The Morgan fingerprint density at radius 2 is 1.91 bits per heavy atom. The quantitative estimate of drug-likeness (QED) is 0.468. The minimum atomic E-state index is -4.18. The van der Waals surface area contributed by atoms with Gasteiger partial charge >= 0.3 is 5.97 Å². The van der Waals surface area contributed by atoms with Crippen LogP contribution in [0.4, 0.5) is 0 Å². The first-order valence-electron chi connectivity index (χ1n) is 2.69. The highest BCUT2D eigenvalue weighted by molar-refractivity contribution is 7.85. The lowest BCUT2D eigenvalue weighted by Crippen LogP contribution is -2.22. The summed E-state index contributed by atoms with van der Waals surface area (Å²) < 4.78 is 28.1. The van der Waals surface area contributed by atoms with E-state index in [2.05, 4.69) is 0 Å². The smallest absolute Gasteiger partial charge is 0.332 e. The maximum Gasteiger partial charge on any atom is 0.332 e. The van der Waals surface area contributed by atoms with E-state index in [4.69, 9.17) is 14.8 Å². The number of hydrogen-bond donors (Lipinski definition) is 3. The third-order valence-electron chi connectivity index (χ3n) is 0.934. The Morgan fingerprint density at radius 3 is 2.18 bits per heavy atom. The van der Waals surface area contributed by atoms with Crippen molar-refractivity contribution >= 4 is 16.1 Å². The van der Waals surface area contributed by atoms with Crippen molar-refractivity contribution in [1.29, 1.82) is 0 Å². The topological polar surface area (TPSA) is 112 Å². The molecule has 1 atom stereocenters. The molecule has 11 heavy (non-hydrogen) atoms. The van der Waals surface area contributed by atoms with Gasteiger partial charge < -0.3 is 10.2 Å². The number of rotatable bonds is 4. The van der Waals surface area contributed by atoms with Crippen molar-refractivity contribution < 1.29 is 28.0 Å². The van der Waals surface area contributed by atoms with E-state index in [1.54, 1.807) is 0 Å². The summed E-state index contributed by atoms with van der Waals surface area (Å²) in [7, 11) is -4.18. The molecule has 0 bridgehead atoms. The first kappa shape index (κ1) is 10.3. The van der Waals surface area contributed by atoms with Gasteiger partial charge in [0.05, 0.1) is 5.75 Å². The normalized spacial score (nSPS) is 14.4. The van der Waals surface area contributed by atoms with Gasteiger partial charge in [0, 0.05) is 6.42 Å². The maximum atomic E-state index is 10.0. The predicted molar refractivity (Wildman–Crippen MR) is 34.7 cm³/mol. The van der Waals surface area contributed by atoms with Gasteiger partial charge in [-0.2, -0.15) is 8.42 Å². The lowest BCUT2D eigenvalue weighted by molar-refractivity contribution is -0.146. The molecule has 0 rings (SSSR count). The van der Waals surface area contributed by atoms with Gasteiger partial charge in [0.25, 0.3) is 10.1 Å². The fraction of sp³-hybridized carbons (Fsp3) is 0.750. The zero-order chi connectivity index (χ0) is 9.07. The van der Waals surface area contributed by atoms with Gasteiger partial charge in [0.15, 0.2) is 6.10 Å². The summed E-state index contributed by atoms with van der Waals surface area (Å²) in [6, 6.07) is 0. The van der Waals surface area contributed by atoms with Crippen molar-refractivity contribution in [3.8, 4) is 0 Å². The van der Waals surface area contributed by atoms with E-state index in [1.807, 2.05) is 0 Å². The minimum absolute atomic E-state index is 0.506. The van der Waals surface area contributed by atoms with Gasteiger partial charge in [-0.15, -0.1) is 0 Å². The molecule has 0 fully saturated rings. The van der Waals surface area contributed by atoms with Crippen LogP contribution < -0.4 is 0 Å². The molecule has 66 valence electrons. The Kier molecular flexibility index (Phi) is 3.43. The second kappa shape index (κ2) is 3.65. The molecule has 0 aliphatic carbocycles. The van der Waals surface area contributed by atoms with Crippen LogP contribution in [0.3, 0.4) is 0 Å². The molecule has 0 heterocycles. The highest BCUT2D eigenvalue weighted by Gasteiger charge is 2.16. The van der Waals surface area contributed by atoms with Crippen LogP contribution in [0.15, 0.2) is 0 Å². The summed E-state index contributed by atoms with van der Waals surface area (Å²) in [5.74, 6) is -2.26. The molecule has 3 N–H and O–H groups in total. The van der Waals surface area contributed by atoms with Gasteiger partial charge in [0.2, 0.25) is 0 Å². The first-order valence-corrected chi connectivity index (χ1v) is 4.30. The summed E-state index contributed by atoms with van der Waals surface area (Å²) >= 11 is 0. The second-order valence-electron chi connectivity index (χ2n) is 1.93. The number of aliphatic carboxylic acids is 1. The van der Waals surface area contributed by atoms with Gasteiger partial charge in [-0.05, 0) is 0 Å². The van der Waals surface area contributed by atoms with Crippen molar-refractivity contribution in [2.24, 2.45) is 0 Å². The highest BCUT2D eigenvalue weighted by Crippen LogP contribution is 1.95. The number of carboxylic acid groups (broad SMARTS) is 1. The average Bonchev–Trinajstić information content (AvgIpc) is 1.80. The van der Waals surface area contributed by atoms with Crippen molar-refractivity contribution in [1.82, 2.24) is 0 Å². The molecule has 6 nitrogen and oxygen atoms in total. The monoisotopic (exact) mass is 184 g/mol. The third kappa shape index (κ3) is 5.77. The van der Waals surface area contributed by atoms with Crippen LogP contribution in [0.25, 0.3) is 0 Å². The van der Waals surface area contributed by atoms with Crippen LogP contribution in [0.5, 0.6) is 0 Å². The average molecular weight is 184 g/mol. The molecule has 0 aliphatic rings. The number of aliphatic hydroxyl groups is 1. The summed E-state index contributed by atoms with van der Waals surface area (Å²) in [6.45, 7) is 0. The molecular formula is C4H8O6S. The van der Waals surface area contributed by atoms with Crippen LogP contribution in [-0.2, 0) is 14.9 Å². The number of hydrogen-bond acceptors (Lipinski definition) is 4. The van der Waals surface area contributed by atoms with Crippen LogP contribution in [-0.4, -0.2) is 41.0 Å². The van der Waals surface area contributed by atoms with Crippen molar-refractivity contribution in [2.45, 2.75) is 12.5 Å². The Morgan fingerprint density at radius 1 is 1.45 bits per heavy atom. The second-order valence-corrected chi connectivity index (χ2v) is 3.50. The molecule has 0 aromatic heterocycles. The summed E-state index contributed by atoms with van der Waals surface area (Å²) in [6.07, 6.45) is -2.24. The van der Waals surface area contributed by atoms with E-state index in [0.29, 0.717) is 0 Å². The summed E-state index contributed by atoms with van der Waals surface area (Å²) in [4.78, 5) is 9.89. The lowest BCUT2D eigenvalue weighted by atomic mass is 10.3. The van der Waals surface area contributed by atoms with Crippen molar-refractivity contribution in [3.63, 3.8) is 0 Å². The van der Waals surface area contributed by atoms with Crippen LogP contribution in [0.2, 0.25) is 0 Å². The summed E-state index contributed by atoms with van der Waals surface area (Å²) in [5, 5.41) is 16.6. The zero-order valence-corrected chi connectivity index (χ0v) is 6.28. The standard InChI is InChI=1S/C4H8O6S/c5-3(4(6)7)1-2-11(8,9)10/h3,5H,1-2H2,(H,6,7)(H,8,9,10). The SMILES string of the molecule is O=C(O)C(O)CCS(=O)(=O)O. The predicted octanol–water partition coefficient (Wildman–Crippen LogP) is -1.29. The highest BCUT2D eigenvalue weighted by atomic mass is 32.2. The van der Waals surface area contributed by atoms with E-state index in [0.717, 1.165) is 0 Å². The maximum absolute atomic E-state index is 10.0. The van der Waals surface area contributed by atoms with Crippen LogP contribution in [0.1, 0.15) is 6.42 Å². The van der Waals surface area contributed by atoms with Gasteiger partial charge in [-0.1, -0.05) is 0 Å². The van der Waals surface area contributed by atoms with E-state index >= 15 is 0 Å². The molecule has 0 radical (unpaired) electrons. The largest absolute Gasteiger partial charge is 0.479 e. The lowest BCUT2D eigenvalue weighted by Gasteiger charge is -2.01. The number of aliphatic hydroxyl groups excluding tert-OH is 1. The van der Waals surface area contributed by atoms with Gasteiger partial charge in [-0.3, -0.25) is 4.55 Å². The number of carboxylic acids is 1. The molecule has 0 aromatic rings. The molecule has 0 amide bonds. The van der Waals surface area contributed by atoms with Crippen LogP contribution >= 0.6 is 0 Å². The Hall–Kier alpha value is -0.660. The van der Waals surface area contributed by atoms with Gasteiger partial charge in [0.1, 0.15) is 0 Å². The van der Waals surface area contributed by atoms with Gasteiger partial charge in [-0.25, -0.2) is 4.79 Å². The number of carbonyl (C=O) groups is 1. The zero-order valence-electron chi connectivity index (χ0n) is 5.47. The van der Waals surface area contributed by atoms with Crippen molar-refractivity contribution in [2.75, 3.05) is 5.75 Å². The first-order chi connectivity index (χ1) is 4.83. The molecule has 0 saturated heterocycles. The van der Waals surface area contributed by atoms with E-state index in [-0.39, 0.29) is 0 Å². The molecule has 0 saturated carbocycles. The third-order valence-corrected chi connectivity index (χ3v) is 1.69. The molecule has 7 heteroatoms. The summed E-state index contributed by atoms with van der Waals surface area (Å²) in [5.41, 5.74) is 0. The molecule has 0 aliphatic heterocycles. The van der Waals surface area contributed by atoms with E-state index in [1.165, 1.54) is 0 Å². The molecule has 0 aromatic carbocycles. The Balaban J connectivity index is 3.82. The van der Waals surface area contributed by atoms with E-state index < -0.39 is 34.4 Å². The minimum Gasteiger partial charge on any atom is -0.479 e. The fourth-order valence-corrected chi connectivity index (χ4v) is 0.905. The van der Waals surface area contributed by atoms with Crippen LogP contribution in [0, 0.1) is 0 Å². The van der Waals surface area contributed by atoms with E-state index in [9.17, 15) is 13.2 Å². The Labute approximate surface area is 63.2 Å². The Bertz CT molecular complexity index is 229. The molecule has 0 spiro atoms.